The van der Waals surface area contributed by atoms with Gasteiger partial charge in [0.05, 0.1) is 30.7 Å². The second kappa shape index (κ2) is 9.78. The molecule has 0 N–H and O–H groups in total. The summed E-state index contributed by atoms with van der Waals surface area (Å²) in [6, 6.07) is 20.9. The molecule has 3 aliphatic heterocycles. The van der Waals surface area contributed by atoms with E-state index in [1.165, 1.54) is 12.0 Å². The zero-order chi connectivity index (χ0) is 27.3. The first-order chi connectivity index (χ1) is 18.9. The lowest BCUT2D eigenvalue weighted by Gasteiger charge is -2.32. The molecule has 0 aliphatic carbocycles. The van der Waals surface area contributed by atoms with Crippen LogP contribution in [0, 0.1) is 11.8 Å². The standard InChI is InChI=1S/C31H23BrN2O5/c1-39-23-13-11-22(12-14-23)34-30(37)25-24-17-20(28(35)18-5-3-2-4-6-18)15-16-33(24)27(26(25)31(34)38)29(36)19-7-9-21(32)10-8-19/h2-17,24-27H,1H3/t24-,25+,26+,27-/m0/s1. The number of methoxy groups -OCH3 is 1. The number of hydrogen-bond acceptors (Lipinski definition) is 6. The minimum atomic E-state index is -0.909. The molecule has 3 aromatic carbocycles. The maximum absolute atomic E-state index is 13.9. The molecule has 7 nitrogen and oxygen atoms in total. The molecule has 6 rings (SSSR count). The van der Waals surface area contributed by atoms with Crippen LogP contribution in [0.3, 0.4) is 0 Å². The summed E-state index contributed by atoms with van der Waals surface area (Å²) in [5.74, 6) is -2.41. The SMILES string of the molecule is COc1ccc(N2C(=O)[C@@H]3[C@H](C2=O)[C@@H]2C=C(C(=O)c4ccccc4)C=CN2[C@@H]3C(=O)c2ccc(Br)cc2)cc1. The minimum Gasteiger partial charge on any atom is -0.497 e. The normalized spacial score (nSPS) is 23.4. The van der Waals surface area contributed by atoms with Crippen LogP contribution in [-0.4, -0.2) is 47.5 Å². The van der Waals surface area contributed by atoms with Crippen LogP contribution in [0.1, 0.15) is 20.7 Å². The Labute approximate surface area is 233 Å². The number of allylic oxidation sites excluding steroid dienone is 2. The number of carbonyl (C=O) groups excluding carboxylic acids is 4. The number of fused-ring (bicyclic) bond motifs is 3. The Balaban J connectivity index is 1.42. The average molecular weight is 583 g/mol. The maximum Gasteiger partial charge on any atom is 0.240 e. The highest BCUT2D eigenvalue weighted by molar-refractivity contribution is 9.10. The highest BCUT2D eigenvalue weighted by atomic mass is 79.9. The topological polar surface area (TPSA) is 84.0 Å². The third kappa shape index (κ3) is 4.12. The lowest BCUT2D eigenvalue weighted by molar-refractivity contribution is -0.123. The van der Waals surface area contributed by atoms with Crippen molar-refractivity contribution in [1.82, 2.24) is 4.90 Å². The summed E-state index contributed by atoms with van der Waals surface area (Å²) >= 11 is 3.39. The van der Waals surface area contributed by atoms with Gasteiger partial charge in [0, 0.05) is 27.4 Å². The molecule has 3 aliphatic rings. The summed E-state index contributed by atoms with van der Waals surface area (Å²) in [5.41, 5.74) is 1.79. The summed E-state index contributed by atoms with van der Waals surface area (Å²) in [6.07, 6.45) is 5.06. The molecule has 39 heavy (non-hydrogen) atoms. The van der Waals surface area contributed by atoms with E-state index in [0.29, 0.717) is 28.1 Å². The van der Waals surface area contributed by atoms with Gasteiger partial charge in [0.25, 0.3) is 0 Å². The number of anilines is 1. The number of benzene rings is 3. The number of imide groups is 1. The Hall–Kier alpha value is -4.30. The monoisotopic (exact) mass is 582 g/mol. The van der Waals surface area contributed by atoms with Crippen molar-refractivity contribution in [1.29, 1.82) is 0 Å². The van der Waals surface area contributed by atoms with Crippen molar-refractivity contribution in [3.05, 3.63) is 118 Å². The summed E-state index contributed by atoms with van der Waals surface area (Å²) in [5, 5.41) is 0. The molecular weight excluding hydrogens is 560 g/mol. The molecule has 194 valence electrons. The van der Waals surface area contributed by atoms with Crippen LogP contribution in [-0.2, 0) is 9.59 Å². The van der Waals surface area contributed by atoms with Gasteiger partial charge in [-0.05, 0) is 42.5 Å². The second-order valence-electron chi connectivity index (χ2n) is 9.65. The first-order valence-corrected chi connectivity index (χ1v) is 13.3. The summed E-state index contributed by atoms with van der Waals surface area (Å²) in [6.45, 7) is 0. The van der Waals surface area contributed by atoms with E-state index in [4.69, 9.17) is 4.74 Å². The van der Waals surface area contributed by atoms with Gasteiger partial charge in [0.15, 0.2) is 11.6 Å². The molecule has 0 bridgehead atoms. The molecule has 0 radical (unpaired) electrons. The number of nitrogens with zero attached hydrogens (tertiary/aromatic N) is 2. The Morgan fingerprint density at radius 3 is 2.15 bits per heavy atom. The van der Waals surface area contributed by atoms with Gasteiger partial charge in [-0.3, -0.25) is 19.2 Å². The molecule has 3 heterocycles. The minimum absolute atomic E-state index is 0.186. The zero-order valence-corrected chi connectivity index (χ0v) is 22.4. The first-order valence-electron chi connectivity index (χ1n) is 12.5. The lowest BCUT2D eigenvalue weighted by atomic mass is 9.85. The number of ether oxygens (including phenoxy) is 1. The van der Waals surface area contributed by atoms with Crippen molar-refractivity contribution in [3.63, 3.8) is 0 Å². The Kier molecular flexibility index (Phi) is 6.27. The fraction of sp³-hybridized carbons (Fsp3) is 0.161. The van der Waals surface area contributed by atoms with E-state index in [1.807, 2.05) is 6.07 Å². The maximum atomic E-state index is 13.9. The molecular formula is C31H23BrN2O5. The summed E-state index contributed by atoms with van der Waals surface area (Å²) in [4.78, 5) is 57.9. The zero-order valence-electron chi connectivity index (χ0n) is 20.9. The number of rotatable bonds is 6. The van der Waals surface area contributed by atoms with Gasteiger partial charge >= 0.3 is 0 Å². The third-order valence-corrected chi connectivity index (χ3v) is 8.10. The third-order valence-electron chi connectivity index (χ3n) is 7.57. The van der Waals surface area contributed by atoms with Crippen LogP contribution in [0.2, 0.25) is 0 Å². The number of hydrogen-bond donors (Lipinski definition) is 0. The van der Waals surface area contributed by atoms with Crippen LogP contribution < -0.4 is 9.64 Å². The van der Waals surface area contributed by atoms with Crippen molar-refractivity contribution < 1.29 is 23.9 Å². The average Bonchev–Trinajstić information content (AvgIpc) is 3.44. The van der Waals surface area contributed by atoms with Crippen LogP contribution in [0.15, 0.2) is 107 Å². The van der Waals surface area contributed by atoms with Crippen LogP contribution in [0.4, 0.5) is 5.69 Å². The van der Waals surface area contributed by atoms with Gasteiger partial charge in [-0.1, -0.05) is 64.5 Å². The van der Waals surface area contributed by atoms with Gasteiger partial charge < -0.3 is 9.64 Å². The Morgan fingerprint density at radius 2 is 1.49 bits per heavy atom. The molecule has 0 unspecified atom stereocenters. The van der Waals surface area contributed by atoms with Crippen molar-refractivity contribution in [2.45, 2.75) is 12.1 Å². The van der Waals surface area contributed by atoms with Crippen molar-refractivity contribution in [2.75, 3.05) is 12.0 Å². The van der Waals surface area contributed by atoms with E-state index in [-0.39, 0.29) is 11.6 Å². The number of carbonyl (C=O) groups is 4. The molecule has 3 aromatic rings. The number of halogens is 1. The highest BCUT2D eigenvalue weighted by Crippen LogP contribution is 2.47. The van der Waals surface area contributed by atoms with Gasteiger partial charge in [0.1, 0.15) is 11.8 Å². The molecule has 4 atom stereocenters. The molecule has 8 heteroatoms. The fourth-order valence-electron chi connectivity index (χ4n) is 5.72. The van der Waals surface area contributed by atoms with E-state index in [1.54, 1.807) is 96.0 Å². The predicted molar refractivity (Wildman–Crippen MR) is 148 cm³/mol. The molecule has 0 spiro atoms. The number of Topliss-reactive ketones (excluding diaryl/α,β-unsaturated/α-hetero) is 2. The fourth-order valence-corrected chi connectivity index (χ4v) is 5.99. The van der Waals surface area contributed by atoms with E-state index < -0.39 is 35.7 Å². The number of amides is 2. The summed E-state index contributed by atoms with van der Waals surface area (Å²) in [7, 11) is 1.54. The van der Waals surface area contributed by atoms with Crippen molar-refractivity contribution >= 4 is 45.0 Å². The van der Waals surface area contributed by atoms with E-state index in [2.05, 4.69) is 15.9 Å². The van der Waals surface area contributed by atoms with Gasteiger partial charge in [-0.15, -0.1) is 0 Å². The lowest BCUT2D eigenvalue weighted by Crippen LogP contribution is -2.46. The van der Waals surface area contributed by atoms with E-state index in [0.717, 1.165) is 4.47 Å². The smallest absolute Gasteiger partial charge is 0.240 e. The van der Waals surface area contributed by atoms with Crippen molar-refractivity contribution in [2.24, 2.45) is 11.8 Å². The molecule has 0 aromatic heterocycles. The highest BCUT2D eigenvalue weighted by Gasteiger charge is 2.63. The van der Waals surface area contributed by atoms with Crippen LogP contribution in [0.5, 0.6) is 5.75 Å². The Bertz CT molecular complexity index is 1550. The van der Waals surface area contributed by atoms with Gasteiger partial charge in [0.2, 0.25) is 11.8 Å². The van der Waals surface area contributed by atoms with E-state index in [9.17, 15) is 19.2 Å². The molecule has 0 saturated carbocycles. The van der Waals surface area contributed by atoms with Crippen LogP contribution in [0.25, 0.3) is 0 Å². The molecule has 2 saturated heterocycles. The van der Waals surface area contributed by atoms with Gasteiger partial charge in [-0.25, -0.2) is 4.90 Å². The van der Waals surface area contributed by atoms with Crippen LogP contribution >= 0.6 is 15.9 Å². The molecule has 2 amide bonds. The summed E-state index contributed by atoms with van der Waals surface area (Å²) < 4.78 is 6.04. The van der Waals surface area contributed by atoms with Gasteiger partial charge in [-0.2, -0.15) is 0 Å². The second-order valence-corrected chi connectivity index (χ2v) is 10.6. The predicted octanol–water partition coefficient (Wildman–Crippen LogP) is 4.84. The van der Waals surface area contributed by atoms with Crippen molar-refractivity contribution in [3.8, 4) is 5.75 Å². The number of ketones is 2. The first kappa shape index (κ1) is 25.0. The quantitative estimate of drug-likeness (QED) is 0.305. The van der Waals surface area contributed by atoms with E-state index >= 15 is 0 Å². The molecule has 2 fully saturated rings. The largest absolute Gasteiger partial charge is 0.497 e. The Morgan fingerprint density at radius 1 is 0.821 bits per heavy atom.